The van der Waals surface area contributed by atoms with Crippen molar-refractivity contribution in [1.29, 1.82) is 0 Å². The first-order valence-electron chi connectivity index (χ1n) is 8.15. The molecule has 2 heteroatoms. The molecule has 2 aromatic carbocycles. The van der Waals surface area contributed by atoms with Crippen LogP contribution in [0.4, 0.5) is 0 Å². The number of nitrogens with zero attached hydrogens (tertiary/aromatic N) is 1. The number of aliphatic hydroxyl groups is 1. The number of benzene rings is 2. The summed E-state index contributed by atoms with van der Waals surface area (Å²) in [4.78, 5) is 2.41. The van der Waals surface area contributed by atoms with Crippen LogP contribution in [0.5, 0.6) is 0 Å². The number of fused-ring (bicyclic) bond motifs is 1. The quantitative estimate of drug-likeness (QED) is 0.917. The molecule has 2 aromatic rings. The molecule has 0 spiro atoms. The summed E-state index contributed by atoms with van der Waals surface area (Å²) in [6.07, 6.45) is 3.47. The summed E-state index contributed by atoms with van der Waals surface area (Å²) < 4.78 is 0. The van der Waals surface area contributed by atoms with Crippen molar-refractivity contribution < 1.29 is 5.11 Å². The molecule has 1 heterocycles. The largest absolute Gasteiger partial charge is 0.387 e. The Morgan fingerprint density at radius 2 is 1.81 bits per heavy atom. The third-order valence-electron chi connectivity index (χ3n) is 4.87. The SMILES string of the molecule is CCC1CCN(CC(O)c2ccc3ccccc3c2)CC1. The Labute approximate surface area is 127 Å². The van der Waals surface area contributed by atoms with E-state index >= 15 is 0 Å². The zero-order valence-corrected chi connectivity index (χ0v) is 12.8. The number of hydrogen-bond acceptors (Lipinski definition) is 2. The minimum atomic E-state index is -0.382. The van der Waals surface area contributed by atoms with Gasteiger partial charge in [-0.1, -0.05) is 49.7 Å². The highest BCUT2D eigenvalue weighted by molar-refractivity contribution is 5.83. The Kier molecular flexibility index (Phi) is 4.57. The van der Waals surface area contributed by atoms with Crippen LogP contribution in [0, 0.1) is 5.92 Å². The second kappa shape index (κ2) is 6.59. The fourth-order valence-corrected chi connectivity index (χ4v) is 3.34. The highest BCUT2D eigenvalue weighted by Gasteiger charge is 2.20. The van der Waals surface area contributed by atoms with Crippen LogP contribution in [-0.4, -0.2) is 29.6 Å². The predicted octanol–water partition coefficient (Wildman–Crippen LogP) is 4.00. The first kappa shape index (κ1) is 14.6. The van der Waals surface area contributed by atoms with Gasteiger partial charge in [-0.05, 0) is 54.3 Å². The molecular formula is C19H25NO. The van der Waals surface area contributed by atoms with Gasteiger partial charge >= 0.3 is 0 Å². The molecule has 1 aliphatic heterocycles. The molecular weight excluding hydrogens is 258 g/mol. The molecule has 2 nitrogen and oxygen atoms in total. The van der Waals surface area contributed by atoms with E-state index in [0.717, 1.165) is 31.1 Å². The minimum Gasteiger partial charge on any atom is -0.387 e. The lowest BCUT2D eigenvalue weighted by Gasteiger charge is -2.32. The normalized spacial score (nSPS) is 19.0. The Morgan fingerprint density at radius 3 is 2.52 bits per heavy atom. The molecule has 0 saturated carbocycles. The summed E-state index contributed by atoms with van der Waals surface area (Å²) in [6, 6.07) is 14.6. The van der Waals surface area contributed by atoms with Gasteiger partial charge in [-0.2, -0.15) is 0 Å². The molecule has 3 rings (SSSR count). The molecule has 0 bridgehead atoms. The average Bonchev–Trinajstić information content (AvgIpc) is 2.55. The Hall–Kier alpha value is -1.38. The van der Waals surface area contributed by atoms with E-state index < -0.39 is 0 Å². The van der Waals surface area contributed by atoms with Gasteiger partial charge in [0.2, 0.25) is 0 Å². The number of β-amino-alcohol motifs (C(OH)–C–C–N with tert-alkyl or cyclic N) is 1. The van der Waals surface area contributed by atoms with E-state index in [1.807, 2.05) is 6.07 Å². The maximum absolute atomic E-state index is 10.5. The average molecular weight is 283 g/mol. The number of aliphatic hydroxyl groups excluding tert-OH is 1. The molecule has 1 saturated heterocycles. The number of likely N-dealkylation sites (tertiary alicyclic amines) is 1. The Balaban J connectivity index is 1.65. The predicted molar refractivity (Wildman–Crippen MR) is 88.4 cm³/mol. The molecule has 1 atom stereocenters. The van der Waals surface area contributed by atoms with Crippen LogP contribution < -0.4 is 0 Å². The number of rotatable bonds is 4. The van der Waals surface area contributed by atoms with Crippen molar-refractivity contribution in [2.24, 2.45) is 5.92 Å². The Bertz CT molecular complexity index is 587. The maximum Gasteiger partial charge on any atom is 0.0917 e. The van der Waals surface area contributed by atoms with Crippen LogP contribution in [0.1, 0.15) is 37.9 Å². The molecule has 21 heavy (non-hydrogen) atoms. The first-order chi connectivity index (χ1) is 10.3. The second-order valence-corrected chi connectivity index (χ2v) is 6.27. The van der Waals surface area contributed by atoms with Crippen molar-refractivity contribution in [2.45, 2.75) is 32.3 Å². The van der Waals surface area contributed by atoms with Gasteiger partial charge in [-0.25, -0.2) is 0 Å². The molecule has 0 aromatic heterocycles. The van der Waals surface area contributed by atoms with Crippen LogP contribution >= 0.6 is 0 Å². The Morgan fingerprint density at radius 1 is 1.10 bits per heavy atom. The lowest BCUT2D eigenvalue weighted by atomic mass is 9.94. The second-order valence-electron chi connectivity index (χ2n) is 6.27. The molecule has 0 radical (unpaired) electrons. The third-order valence-corrected chi connectivity index (χ3v) is 4.87. The van der Waals surface area contributed by atoms with Crippen LogP contribution in [-0.2, 0) is 0 Å². The van der Waals surface area contributed by atoms with Crippen molar-refractivity contribution >= 4 is 10.8 Å². The minimum absolute atomic E-state index is 0.382. The van der Waals surface area contributed by atoms with E-state index in [1.54, 1.807) is 0 Å². The summed E-state index contributed by atoms with van der Waals surface area (Å²) in [5.74, 6) is 0.888. The zero-order chi connectivity index (χ0) is 14.7. The van der Waals surface area contributed by atoms with Gasteiger partial charge in [-0.15, -0.1) is 0 Å². The molecule has 1 unspecified atom stereocenters. The van der Waals surface area contributed by atoms with E-state index in [0.29, 0.717) is 0 Å². The first-order valence-corrected chi connectivity index (χ1v) is 8.15. The molecule has 0 amide bonds. The summed E-state index contributed by atoms with van der Waals surface area (Å²) in [5, 5.41) is 13.0. The maximum atomic E-state index is 10.5. The van der Waals surface area contributed by atoms with Crippen LogP contribution in [0.3, 0.4) is 0 Å². The third kappa shape index (κ3) is 3.45. The van der Waals surface area contributed by atoms with Crippen LogP contribution in [0.2, 0.25) is 0 Å². The van der Waals surface area contributed by atoms with E-state index in [1.165, 1.54) is 30.0 Å². The van der Waals surface area contributed by atoms with Gasteiger partial charge in [-0.3, -0.25) is 0 Å². The van der Waals surface area contributed by atoms with Crippen molar-refractivity contribution in [2.75, 3.05) is 19.6 Å². The van der Waals surface area contributed by atoms with Gasteiger partial charge in [0.25, 0.3) is 0 Å². The fraction of sp³-hybridized carbons (Fsp3) is 0.474. The monoisotopic (exact) mass is 283 g/mol. The van der Waals surface area contributed by atoms with Crippen molar-refractivity contribution in [1.82, 2.24) is 4.90 Å². The summed E-state index contributed by atoms with van der Waals surface area (Å²) in [5.41, 5.74) is 1.03. The van der Waals surface area contributed by atoms with Crippen molar-refractivity contribution in [3.8, 4) is 0 Å². The van der Waals surface area contributed by atoms with Gasteiger partial charge in [0.1, 0.15) is 0 Å². The van der Waals surface area contributed by atoms with Gasteiger partial charge < -0.3 is 10.0 Å². The van der Waals surface area contributed by atoms with Gasteiger partial charge in [0, 0.05) is 6.54 Å². The van der Waals surface area contributed by atoms with Gasteiger partial charge in [0.05, 0.1) is 6.10 Å². The summed E-state index contributed by atoms with van der Waals surface area (Å²) in [7, 11) is 0. The van der Waals surface area contributed by atoms with Crippen molar-refractivity contribution in [3.05, 3.63) is 48.0 Å². The van der Waals surface area contributed by atoms with E-state index in [2.05, 4.69) is 48.2 Å². The zero-order valence-electron chi connectivity index (χ0n) is 12.8. The van der Waals surface area contributed by atoms with Crippen LogP contribution in [0.25, 0.3) is 10.8 Å². The van der Waals surface area contributed by atoms with E-state index in [-0.39, 0.29) is 6.10 Å². The smallest absolute Gasteiger partial charge is 0.0917 e. The van der Waals surface area contributed by atoms with E-state index in [9.17, 15) is 5.11 Å². The molecule has 1 N–H and O–H groups in total. The fourth-order valence-electron chi connectivity index (χ4n) is 3.34. The van der Waals surface area contributed by atoms with E-state index in [4.69, 9.17) is 0 Å². The highest BCUT2D eigenvalue weighted by Crippen LogP contribution is 2.24. The topological polar surface area (TPSA) is 23.5 Å². The lowest BCUT2D eigenvalue weighted by molar-refractivity contribution is 0.0888. The molecule has 0 aliphatic carbocycles. The van der Waals surface area contributed by atoms with Crippen molar-refractivity contribution in [3.63, 3.8) is 0 Å². The summed E-state index contributed by atoms with van der Waals surface area (Å²) in [6.45, 7) is 5.30. The molecule has 112 valence electrons. The standard InChI is InChI=1S/C19H25NO/c1-2-15-9-11-20(12-10-15)14-19(21)18-8-7-16-5-3-4-6-17(16)13-18/h3-8,13,15,19,21H,2,9-12,14H2,1H3. The molecule has 1 fully saturated rings. The summed E-state index contributed by atoms with van der Waals surface area (Å²) >= 11 is 0. The lowest BCUT2D eigenvalue weighted by Crippen LogP contribution is -2.36. The molecule has 1 aliphatic rings. The van der Waals surface area contributed by atoms with Crippen LogP contribution in [0.15, 0.2) is 42.5 Å². The van der Waals surface area contributed by atoms with Gasteiger partial charge in [0.15, 0.2) is 0 Å². The number of hydrogen-bond donors (Lipinski definition) is 1. The highest BCUT2D eigenvalue weighted by atomic mass is 16.3. The number of piperidine rings is 1.